The van der Waals surface area contributed by atoms with Crippen molar-refractivity contribution in [1.82, 2.24) is 10.2 Å². The van der Waals surface area contributed by atoms with E-state index < -0.39 is 5.60 Å². The molecule has 0 spiro atoms. The Kier molecular flexibility index (Phi) is 5.42. The number of amides is 1. The molecule has 0 aliphatic rings. The number of likely N-dealkylation sites (N-methyl/N-ethyl adjacent to an activating group) is 1. The van der Waals surface area contributed by atoms with E-state index >= 15 is 0 Å². The highest BCUT2D eigenvalue weighted by Gasteiger charge is 2.28. The summed E-state index contributed by atoms with van der Waals surface area (Å²) in [5.41, 5.74) is -1.25. The Morgan fingerprint density at radius 3 is 2.19 bits per heavy atom. The van der Waals surface area contributed by atoms with Gasteiger partial charge in [0.15, 0.2) is 0 Å². The smallest absolute Gasteiger partial charge is 0.225 e. The van der Waals surface area contributed by atoms with E-state index in [9.17, 15) is 9.90 Å². The quantitative estimate of drug-likeness (QED) is 0.711. The fourth-order valence-electron chi connectivity index (χ4n) is 1.41. The van der Waals surface area contributed by atoms with E-state index in [1.807, 2.05) is 39.8 Å². The number of carbonyl (C=O) groups excluding carboxylic acids is 1. The number of rotatable bonds is 6. The molecular formula is C12H26N2O2. The largest absolute Gasteiger partial charge is 0.387 e. The van der Waals surface area contributed by atoms with Crippen molar-refractivity contribution in [2.24, 2.45) is 5.41 Å². The molecule has 0 aliphatic heterocycles. The van der Waals surface area contributed by atoms with Gasteiger partial charge in [-0.3, -0.25) is 4.79 Å². The molecule has 1 atom stereocenters. The Morgan fingerprint density at radius 1 is 1.31 bits per heavy atom. The maximum absolute atomic E-state index is 11.8. The van der Waals surface area contributed by atoms with Crippen LogP contribution in [0.25, 0.3) is 0 Å². The normalized spacial score (nSPS) is 16.0. The van der Waals surface area contributed by atoms with Crippen LogP contribution in [0.5, 0.6) is 0 Å². The lowest BCUT2D eigenvalue weighted by molar-refractivity contribution is -0.130. The minimum Gasteiger partial charge on any atom is -0.387 e. The first-order valence-electron chi connectivity index (χ1n) is 5.76. The summed E-state index contributed by atoms with van der Waals surface area (Å²) in [7, 11) is 3.79. The maximum Gasteiger partial charge on any atom is 0.225 e. The lowest BCUT2D eigenvalue weighted by atomic mass is 9.89. The summed E-state index contributed by atoms with van der Waals surface area (Å²) >= 11 is 0. The van der Waals surface area contributed by atoms with Crippen LogP contribution in [0.1, 0.15) is 34.1 Å². The van der Waals surface area contributed by atoms with Crippen LogP contribution in [0.2, 0.25) is 0 Å². The van der Waals surface area contributed by atoms with Crippen molar-refractivity contribution in [1.29, 1.82) is 0 Å². The Morgan fingerprint density at radius 2 is 1.81 bits per heavy atom. The van der Waals surface area contributed by atoms with Crippen molar-refractivity contribution in [2.75, 3.05) is 27.2 Å². The van der Waals surface area contributed by atoms with Crippen molar-refractivity contribution in [3.8, 4) is 0 Å². The first-order chi connectivity index (χ1) is 7.10. The molecule has 16 heavy (non-hydrogen) atoms. The molecule has 4 heteroatoms. The topological polar surface area (TPSA) is 52.6 Å². The third kappa shape index (κ3) is 5.47. The van der Waals surface area contributed by atoms with Gasteiger partial charge in [-0.1, -0.05) is 20.8 Å². The predicted molar refractivity (Wildman–Crippen MR) is 66.3 cm³/mol. The zero-order chi connectivity index (χ0) is 13.0. The average molecular weight is 230 g/mol. The summed E-state index contributed by atoms with van der Waals surface area (Å²) in [6.45, 7) is 8.34. The fraction of sp³-hybridized carbons (Fsp3) is 0.917. The van der Waals surface area contributed by atoms with Gasteiger partial charge in [-0.05, 0) is 27.4 Å². The van der Waals surface area contributed by atoms with E-state index in [0.717, 1.165) is 6.42 Å². The zero-order valence-electron chi connectivity index (χ0n) is 11.4. The Balaban J connectivity index is 4.19. The molecule has 0 heterocycles. The van der Waals surface area contributed by atoms with Crippen molar-refractivity contribution in [2.45, 2.75) is 39.7 Å². The molecule has 0 fully saturated rings. The number of hydrogen-bond acceptors (Lipinski definition) is 3. The van der Waals surface area contributed by atoms with Crippen LogP contribution in [0.4, 0.5) is 0 Å². The number of hydrogen-bond donors (Lipinski definition) is 2. The van der Waals surface area contributed by atoms with Gasteiger partial charge < -0.3 is 15.3 Å². The predicted octanol–water partition coefficient (Wildman–Crippen LogP) is 0.851. The third-order valence-corrected chi connectivity index (χ3v) is 2.79. The summed E-state index contributed by atoms with van der Waals surface area (Å²) in [6, 6.07) is 0. The molecule has 0 rings (SSSR count). The van der Waals surface area contributed by atoms with Crippen LogP contribution in [0.15, 0.2) is 0 Å². The van der Waals surface area contributed by atoms with E-state index in [2.05, 4.69) is 5.32 Å². The number of nitrogens with one attached hydrogen (secondary N) is 1. The van der Waals surface area contributed by atoms with Crippen LogP contribution in [-0.2, 0) is 4.79 Å². The molecule has 1 amide bonds. The number of nitrogens with zero attached hydrogens (tertiary/aromatic N) is 1. The Labute approximate surface area is 99.0 Å². The van der Waals surface area contributed by atoms with Gasteiger partial charge in [0.2, 0.25) is 5.91 Å². The molecular weight excluding hydrogens is 204 g/mol. The number of aliphatic hydroxyl groups is 1. The van der Waals surface area contributed by atoms with Crippen molar-refractivity contribution >= 4 is 5.91 Å². The molecule has 0 aliphatic carbocycles. The molecule has 0 radical (unpaired) electrons. The van der Waals surface area contributed by atoms with Crippen LogP contribution >= 0.6 is 0 Å². The highest BCUT2D eigenvalue weighted by atomic mass is 16.3. The fourth-order valence-corrected chi connectivity index (χ4v) is 1.41. The minimum atomic E-state index is -0.886. The van der Waals surface area contributed by atoms with Crippen LogP contribution in [-0.4, -0.2) is 48.7 Å². The molecule has 0 saturated carbocycles. The maximum atomic E-state index is 11.8. The van der Waals surface area contributed by atoms with Crippen molar-refractivity contribution in [3.63, 3.8) is 0 Å². The molecule has 0 saturated heterocycles. The highest BCUT2D eigenvalue weighted by molar-refractivity contribution is 5.81. The van der Waals surface area contributed by atoms with Gasteiger partial charge in [-0.25, -0.2) is 0 Å². The van der Waals surface area contributed by atoms with E-state index in [0.29, 0.717) is 6.54 Å². The average Bonchev–Trinajstić information content (AvgIpc) is 2.12. The molecule has 4 nitrogen and oxygen atoms in total. The van der Waals surface area contributed by atoms with Gasteiger partial charge in [-0.15, -0.1) is 0 Å². The van der Waals surface area contributed by atoms with E-state index in [1.54, 1.807) is 6.92 Å². The van der Waals surface area contributed by atoms with E-state index in [4.69, 9.17) is 0 Å². The lowest BCUT2D eigenvalue weighted by Gasteiger charge is -2.29. The second-order valence-corrected chi connectivity index (χ2v) is 5.65. The first-order valence-corrected chi connectivity index (χ1v) is 5.76. The second-order valence-electron chi connectivity index (χ2n) is 5.65. The van der Waals surface area contributed by atoms with E-state index in [1.165, 1.54) is 0 Å². The highest BCUT2D eigenvalue weighted by Crippen LogP contribution is 2.19. The first kappa shape index (κ1) is 15.4. The van der Waals surface area contributed by atoms with E-state index in [-0.39, 0.29) is 17.9 Å². The number of carbonyl (C=O) groups is 1. The Hall–Kier alpha value is -0.610. The summed E-state index contributed by atoms with van der Waals surface area (Å²) in [6.07, 6.45) is 0.786. The molecule has 0 bridgehead atoms. The summed E-state index contributed by atoms with van der Waals surface area (Å²) in [5, 5.41) is 12.8. The monoisotopic (exact) mass is 230 g/mol. The summed E-state index contributed by atoms with van der Waals surface area (Å²) in [5.74, 6) is -0.00553. The van der Waals surface area contributed by atoms with Crippen LogP contribution in [0.3, 0.4) is 0 Å². The van der Waals surface area contributed by atoms with Gasteiger partial charge in [0.1, 0.15) is 0 Å². The van der Waals surface area contributed by atoms with Crippen LogP contribution < -0.4 is 5.32 Å². The molecule has 96 valence electrons. The molecule has 0 aromatic heterocycles. The summed E-state index contributed by atoms with van der Waals surface area (Å²) in [4.78, 5) is 13.7. The van der Waals surface area contributed by atoms with Gasteiger partial charge in [0.25, 0.3) is 0 Å². The van der Waals surface area contributed by atoms with Gasteiger partial charge in [-0.2, -0.15) is 0 Å². The van der Waals surface area contributed by atoms with Gasteiger partial charge >= 0.3 is 0 Å². The van der Waals surface area contributed by atoms with Crippen molar-refractivity contribution < 1.29 is 9.90 Å². The zero-order valence-corrected chi connectivity index (χ0v) is 11.4. The molecule has 0 aromatic carbocycles. The van der Waals surface area contributed by atoms with Crippen molar-refractivity contribution in [3.05, 3.63) is 0 Å². The molecule has 2 N–H and O–H groups in total. The lowest BCUT2D eigenvalue weighted by Crippen LogP contribution is -2.49. The SMILES string of the molecule is CCC(C)(C)C(=O)NCC(C)(O)CN(C)C. The molecule has 0 aromatic rings. The van der Waals surface area contributed by atoms with Gasteiger partial charge in [0.05, 0.1) is 5.60 Å². The van der Waals surface area contributed by atoms with Crippen LogP contribution in [0, 0.1) is 5.41 Å². The summed E-state index contributed by atoms with van der Waals surface area (Å²) < 4.78 is 0. The van der Waals surface area contributed by atoms with Gasteiger partial charge in [0, 0.05) is 18.5 Å². The minimum absolute atomic E-state index is 0.00553. The Bertz CT molecular complexity index is 235. The molecule has 1 unspecified atom stereocenters. The second kappa shape index (κ2) is 5.64. The third-order valence-electron chi connectivity index (χ3n) is 2.79. The standard InChI is InChI=1S/C12H26N2O2/c1-7-11(2,3)10(15)13-8-12(4,16)9-14(5)6/h16H,7-9H2,1-6H3,(H,13,15).